The molecule has 0 fully saturated rings. The second kappa shape index (κ2) is 3.04. The summed E-state index contributed by atoms with van der Waals surface area (Å²) in [6.45, 7) is 1.81. The molecule has 0 aliphatic heterocycles. The minimum Gasteiger partial charge on any atom is -0.394 e. The molecule has 2 rings (SSSR count). The summed E-state index contributed by atoms with van der Waals surface area (Å²) in [5, 5.41) is 9.29. The molecule has 1 aromatic carbocycles. The second-order valence-corrected chi connectivity index (χ2v) is 4.07. The van der Waals surface area contributed by atoms with Gasteiger partial charge in [-0.3, -0.25) is 0 Å². The van der Waals surface area contributed by atoms with Gasteiger partial charge in [0.05, 0.1) is 12.1 Å². The van der Waals surface area contributed by atoms with E-state index in [0.717, 1.165) is 5.56 Å². The van der Waals surface area contributed by atoms with E-state index in [1.54, 1.807) is 12.1 Å². The summed E-state index contributed by atoms with van der Waals surface area (Å²) < 4.78 is 13.4. The minimum atomic E-state index is -0.766. The highest BCUT2D eigenvalue weighted by molar-refractivity contribution is 5.40. The Bertz CT molecular complexity index is 366. The Balaban J connectivity index is 2.58. The highest BCUT2D eigenvalue weighted by atomic mass is 19.1. The number of benzene rings is 1. The maximum Gasteiger partial charge on any atom is 0.126 e. The number of nitrogens with two attached hydrogens (primary N) is 1. The van der Waals surface area contributed by atoms with E-state index in [1.165, 1.54) is 6.07 Å². The number of aliphatic hydroxyl groups excluding tert-OH is 1. The summed E-state index contributed by atoms with van der Waals surface area (Å²) >= 11 is 0. The molecular weight excluding hydrogens is 181 g/mol. The number of halogens is 1. The summed E-state index contributed by atoms with van der Waals surface area (Å²) in [4.78, 5) is 0. The molecule has 0 aromatic heterocycles. The fourth-order valence-electron chi connectivity index (χ4n) is 2.20. The molecule has 3 N–H and O–H groups in total. The lowest BCUT2D eigenvalue weighted by atomic mass is 9.87. The van der Waals surface area contributed by atoms with Crippen LogP contribution in [0, 0.1) is 11.7 Å². The lowest BCUT2D eigenvalue weighted by Crippen LogP contribution is -2.43. The Labute approximate surface area is 82.5 Å². The minimum absolute atomic E-state index is 0.0828. The Kier molecular flexibility index (Phi) is 2.09. The first kappa shape index (κ1) is 9.62. The monoisotopic (exact) mass is 195 g/mol. The zero-order valence-electron chi connectivity index (χ0n) is 8.13. The fourth-order valence-corrected chi connectivity index (χ4v) is 2.20. The van der Waals surface area contributed by atoms with Gasteiger partial charge in [0.2, 0.25) is 0 Å². The molecule has 0 saturated heterocycles. The Morgan fingerprint density at radius 2 is 2.36 bits per heavy atom. The molecule has 1 aliphatic rings. The molecule has 76 valence electrons. The van der Waals surface area contributed by atoms with Crippen LogP contribution in [-0.2, 0) is 12.0 Å². The van der Waals surface area contributed by atoms with Crippen LogP contribution in [0.4, 0.5) is 4.39 Å². The van der Waals surface area contributed by atoms with Crippen molar-refractivity contribution in [2.24, 2.45) is 11.7 Å². The normalized spacial score (nSPS) is 30.4. The van der Waals surface area contributed by atoms with E-state index in [2.05, 4.69) is 0 Å². The molecule has 0 radical (unpaired) electrons. The molecular formula is C11H14FNO. The third-order valence-corrected chi connectivity index (χ3v) is 3.27. The number of hydrogen-bond acceptors (Lipinski definition) is 2. The molecule has 1 aromatic rings. The van der Waals surface area contributed by atoms with Crippen molar-refractivity contribution in [3.63, 3.8) is 0 Å². The quantitative estimate of drug-likeness (QED) is 0.706. The molecule has 0 heterocycles. The highest BCUT2D eigenvalue weighted by Gasteiger charge is 2.41. The summed E-state index contributed by atoms with van der Waals surface area (Å²) in [6.07, 6.45) is 0.610. The molecule has 0 spiro atoms. The van der Waals surface area contributed by atoms with Crippen LogP contribution in [0.5, 0.6) is 0 Å². The van der Waals surface area contributed by atoms with Gasteiger partial charge in [-0.2, -0.15) is 0 Å². The van der Waals surface area contributed by atoms with Crippen molar-refractivity contribution in [2.75, 3.05) is 6.61 Å². The lowest BCUT2D eigenvalue weighted by Gasteiger charge is -2.27. The predicted octanol–water partition coefficient (Wildman–Crippen LogP) is 1.16. The van der Waals surface area contributed by atoms with Crippen molar-refractivity contribution in [2.45, 2.75) is 18.9 Å². The smallest absolute Gasteiger partial charge is 0.126 e. The zero-order chi connectivity index (χ0) is 10.3. The van der Waals surface area contributed by atoms with E-state index in [9.17, 15) is 9.50 Å². The SMILES string of the molecule is CC1Cc2c(F)cccc2C1(N)CO. The Morgan fingerprint density at radius 1 is 1.64 bits per heavy atom. The van der Waals surface area contributed by atoms with Gasteiger partial charge in [0, 0.05) is 0 Å². The van der Waals surface area contributed by atoms with E-state index in [4.69, 9.17) is 5.73 Å². The van der Waals surface area contributed by atoms with Gasteiger partial charge in [0.15, 0.2) is 0 Å². The average Bonchev–Trinajstić information content (AvgIpc) is 2.43. The summed E-state index contributed by atoms with van der Waals surface area (Å²) in [6, 6.07) is 4.89. The molecule has 2 unspecified atom stereocenters. The first-order valence-corrected chi connectivity index (χ1v) is 4.77. The van der Waals surface area contributed by atoms with Crippen LogP contribution >= 0.6 is 0 Å². The van der Waals surface area contributed by atoms with E-state index in [0.29, 0.717) is 12.0 Å². The van der Waals surface area contributed by atoms with Gasteiger partial charge in [-0.1, -0.05) is 19.1 Å². The van der Waals surface area contributed by atoms with Crippen molar-refractivity contribution in [3.05, 3.63) is 35.1 Å². The Morgan fingerprint density at radius 3 is 3.00 bits per heavy atom. The van der Waals surface area contributed by atoms with Crippen molar-refractivity contribution in [1.82, 2.24) is 0 Å². The van der Waals surface area contributed by atoms with E-state index < -0.39 is 5.54 Å². The number of hydrogen-bond donors (Lipinski definition) is 2. The van der Waals surface area contributed by atoms with Crippen LogP contribution in [0.3, 0.4) is 0 Å². The zero-order valence-corrected chi connectivity index (χ0v) is 8.13. The van der Waals surface area contributed by atoms with E-state index in [1.807, 2.05) is 6.92 Å². The van der Waals surface area contributed by atoms with Gasteiger partial charge < -0.3 is 10.8 Å². The number of fused-ring (bicyclic) bond motifs is 1. The summed E-state index contributed by atoms with van der Waals surface area (Å²) in [7, 11) is 0. The van der Waals surface area contributed by atoms with Crippen LogP contribution in [-0.4, -0.2) is 11.7 Å². The largest absolute Gasteiger partial charge is 0.394 e. The Hall–Kier alpha value is -0.930. The molecule has 2 atom stereocenters. The molecule has 3 heteroatoms. The van der Waals surface area contributed by atoms with Crippen molar-refractivity contribution in [3.8, 4) is 0 Å². The maximum absolute atomic E-state index is 13.4. The maximum atomic E-state index is 13.4. The third-order valence-electron chi connectivity index (χ3n) is 3.27. The van der Waals surface area contributed by atoms with Crippen LogP contribution in [0.1, 0.15) is 18.1 Å². The molecule has 2 nitrogen and oxygen atoms in total. The second-order valence-electron chi connectivity index (χ2n) is 4.07. The molecule has 0 saturated carbocycles. The number of rotatable bonds is 1. The van der Waals surface area contributed by atoms with Crippen LogP contribution in [0.15, 0.2) is 18.2 Å². The average molecular weight is 195 g/mol. The molecule has 0 bridgehead atoms. The van der Waals surface area contributed by atoms with E-state index >= 15 is 0 Å². The van der Waals surface area contributed by atoms with Crippen molar-refractivity contribution in [1.29, 1.82) is 0 Å². The van der Waals surface area contributed by atoms with Gasteiger partial charge in [0.25, 0.3) is 0 Å². The predicted molar refractivity (Wildman–Crippen MR) is 52.2 cm³/mol. The van der Waals surface area contributed by atoms with Crippen molar-refractivity contribution < 1.29 is 9.50 Å². The van der Waals surface area contributed by atoms with Gasteiger partial charge in [-0.25, -0.2) is 4.39 Å². The van der Waals surface area contributed by atoms with Crippen molar-refractivity contribution >= 4 is 0 Å². The fraction of sp³-hybridized carbons (Fsp3) is 0.455. The first-order chi connectivity index (χ1) is 6.59. The first-order valence-electron chi connectivity index (χ1n) is 4.77. The van der Waals surface area contributed by atoms with Crippen LogP contribution < -0.4 is 5.73 Å². The number of aliphatic hydroxyl groups is 1. The van der Waals surface area contributed by atoms with Gasteiger partial charge in [-0.05, 0) is 29.5 Å². The van der Waals surface area contributed by atoms with Gasteiger partial charge in [0.1, 0.15) is 5.82 Å². The standard InChI is InChI=1S/C11H14FNO/c1-7-5-8-9(11(7,13)6-14)3-2-4-10(8)12/h2-4,7,14H,5-6,13H2,1H3. The van der Waals surface area contributed by atoms with Crippen LogP contribution in [0.25, 0.3) is 0 Å². The summed E-state index contributed by atoms with van der Waals surface area (Å²) in [5.74, 6) is -0.130. The molecule has 1 aliphatic carbocycles. The molecule has 0 amide bonds. The van der Waals surface area contributed by atoms with E-state index in [-0.39, 0.29) is 18.3 Å². The third kappa shape index (κ3) is 1.09. The molecule has 14 heavy (non-hydrogen) atoms. The van der Waals surface area contributed by atoms with Gasteiger partial charge >= 0.3 is 0 Å². The summed E-state index contributed by atoms with van der Waals surface area (Å²) in [5.41, 5.74) is 6.72. The van der Waals surface area contributed by atoms with Crippen LogP contribution in [0.2, 0.25) is 0 Å². The van der Waals surface area contributed by atoms with Gasteiger partial charge in [-0.15, -0.1) is 0 Å². The highest BCUT2D eigenvalue weighted by Crippen LogP contribution is 2.39. The topological polar surface area (TPSA) is 46.2 Å². The lowest BCUT2D eigenvalue weighted by molar-refractivity contribution is 0.159.